The van der Waals surface area contributed by atoms with E-state index in [1.165, 1.54) is 0 Å². The SMILES string of the molecule is C=C(C)C(C)=C(C(C)=O)C(C)C. The summed E-state index contributed by atoms with van der Waals surface area (Å²) < 4.78 is 0. The maximum atomic E-state index is 11.2. The molecule has 0 bridgehead atoms. The highest BCUT2D eigenvalue weighted by Crippen LogP contribution is 2.20. The Morgan fingerprint density at radius 3 is 1.67 bits per heavy atom. The molecule has 0 aliphatic carbocycles. The Hall–Kier alpha value is -0.850. The average Bonchev–Trinajstić information content (AvgIpc) is 1.85. The van der Waals surface area contributed by atoms with Gasteiger partial charge < -0.3 is 0 Å². The van der Waals surface area contributed by atoms with Crippen LogP contribution in [-0.4, -0.2) is 5.78 Å². The second kappa shape index (κ2) is 4.24. The molecule has 0 unspecified atom stereocenters. The summed E-state index contributed by atoms with van der Waals surface area (Å²) in [6.45, 7) is 13.4. The zero-order valence-electron chi connectivity index (χ0n) is 8.69. The van der Waals surface area contributed by atoms with Crippen LogP contribution >= 0.6 is 0 Å². The fourth-order valence-corrected chi connectivity index (χ4v) is 1.33. The number of ketones is 1. The standard InChI is InChI=1S/C11H18O/c1-7(2)9(5)11(8(3)4)10(6)12/h8H,1H2,2-6H3. The highest BCUT2D eigenvalue weighted by molar-refractivity contribution is 5.95. The Labute approximate surface area is 75.2 Å². The van der Waals surface area contributed by atoms with Crippen LogP contribution in [0, 0.1) is 5.92 Å². The summed E-state index contributed by atoms with van der Waals surface area (Å²) in [5.74, 6) is 0.449. The Morgan fingerprint density at radius 2 is 1.58 bits per heavy atom. The Bertz CT molecular complexity index is 231. The van der Waals surface area contributed by atoms with Gasteiger partial charge in [0.25, 0.3) is 0 Å². The summed E-state index contributed by atoms with van der Waals surface area (Å²) in [7, 11) is 0. The molecule has 0 aromatic carbocycles. The van der Waals surface area contributed by atoms with Crippen molar-refractivity contribution in [1.29, 1.82) is 0 Å². The molecule has 0 saturated heterocycles. The molecule has 12 heavy (non-hydrogen) atoms. The fourth-order valence-electron chi connectivity index (χ4n) is 1.33. The summed E-state index contributed by atoms with van der Waals surface area (Å²) in [6.07, 6.45) is 0. The highest BCUT2D eigenvalue weighted by atomic mass is 16.1. The lowest BCUT2D eigenvalue weighted by molar-refractivity contribution is -0.114. The Balaban J connectivity index is 5.08. The van der Waals surface area contributed by atoms with E-state index in [0.29, 0.717) is 5.92 Å². The minimum absolute atomic E-state index is 0.158. The van der Waals surface area contributed by atoms with Crippen molar-refractivity contribution in [3.05, 3.63) is 23.3 Å². The lowest BCUT2D eigenvalue weighted by atomic mass is 9.92. The van der Waals surface area contributed by atoms with Crippen molar-refractivity contribution in [1.82, 2.24) is 0 Å². The van der Waals surface area contributed by atoms with Crippen molar-refractivity contribution in [2.24, 2.45) is 5.92 Å². The van der Waals surface area contributed by atoms with E-state index in [2.05, 4.69) is 6.58 Å². The molecule has 0 aromatic rings. The number of hydrogen-bond donors (Lipinski definition) is 0. The van der Waals surface area contributed by atoms with Gasteiger partial charge in [0.05, 0.1) is 0 Å². The zero-order valence-corrected chi connectivity index (χ0v) is 8.69. The Morgan fingerprint density at radius 1 is 1.17 bits per heavy atom. The molecule has 0 radical (unpaired) electrons. The van der Waals surface area contributed by atoms with Crippen LogP contribution < -0.4 is 0 Å². The van der Waals surface area contributed by atoms with Crippen LogP contribution in [-0.2, 0) is 4.79 Å². The van der Waals surface area contributed by atoms with Gasteiger partial charge in [0.1, 0.15) is 0 Å². The largest absolute Gasteiger partial charge is 0.295 e. The quantitative estimate of drug-likeness (QED) is 0.465. The van der Waals surface area contributed by atoms with Gasteiger partial charge in [0.15, 0.2) is 5.78 Å². The van der Waals surface area contributed by atoms with Crippen LogP contribution in [0.4, 0.5) is 0 Å². The molecule has 0 fully saturated rings. The second-order valence-corrected chi connectivity index (χ2v) is 3.53. The van der Waals surface area contributed by atoms with Gasteiger partial charge in [-0.25, -0.2) is 0 Å². The summed E-state index contributed by atoms with van der Waals surface area (Å²) in [5.41, 5.74) is 2.92. The van der Waals surface area contributed by atoms with Gasteiger partial charge in [-0.15, -0.1) is 0 Å². The van der Waals surface area contributed by atoms with Gasteiger partial charge in [-0.05, 0) is 32.3 Å². The van der Waals surface area contributed by atoms with E-state index in [1.807, 2.05) is 27.7 Å². The minimum Gasteiger partial charge on any atom is -0.295 e. The molecular formula is C11H18O. The predicted octanol–water partition coefficient (Wildman–Crippen LogP) is 3.12. The zero-order chi connectivity index (χ0) is 9.89. The minimum atomic E-state index is 0.158. The van der Waals surface area contributed by atoms with Crippen molar-refractivity contribution >= 4 is 5.78 Å². The molecule has 68 valence electrons. The molecule has 0 rings (SSSR count). The molecule has 0 aliphatic heterocycles. The molecule has 0 saturated carbocycles. The van der Waals surface area contributed by atoms with Crippen molar-refractivity contribution in [3.63, 3.8) is 0 Å². The molecule has 0 spiro atoms. The fraction of sp³-hybridized carbons (Fsp3) is 0.545. The third-order valence-electron chi connectivity index (χ3n) is 2.00. The van der Waals surface area contributed by atoms with Gasteiger partial charge in [-0.2, -0.15) is 0 Å². The van der Waals surface area contributed by atoms with Gasteiger partial charge >= 0.3 is 0 Å². The van der Waals surface area contributed by atoms with E-state index in [0.717, 1.165) is 16.7 Å². The van der Waals surface area contributed by atoms with Gasteiger partial charge in [0, 0.05) is 5.57 Å². The van der Waals surface area contributed by atoms with Crippen LogP contribution in [0.3, 0.4) is 0 Å². The summed E-state index contributed by atoms with van der Waals surface area (Å²) in [6, 6.07) is 0. The smallest absolute Gasteiger partial charge is 0.156 e. The van der Waals surface area contributed by atoms with E-state index in [9.17, 15) is 4.79 Å². The number of rotatable bonds is 3. The highest BCUT2D eigenvalue weighted by Gasteiger charge is 2.12. The van der Waals surface area contributed by atoms with Crippen LogP contribution in [0.5, 0.6) is 0 Å². The number of hydrogen-bond acceptors (Lipinski definition) is 1. The van der Waals surface area contributed by atoms with Crippen LogP contribution in [0.2, 0.25) is 0 Å². The molecule has 0 N–H and O–H groups in total. The molecule has 1 heteroatoms. The molecule has 0 atom stereocenters. The lowest BCUT2D eigenvalue weighted by Crippen LogP contribution is -2.07. The normalized spacial score (nSPS) is 12.8. The van der Waals surface area contributed by atoms with Crippen molar-refractivity contribution < 1.29 is 4.79 Å². The maximum absolute atomic E-state index is 11.2. The molecule has 0 aromatic heterocycles. The molecular weight excluding hydrogens is 148 g/mol. The first kappa shape index (κ1) is 11.2. The van der Waals surface area contributed by atoms with Crippen LogP contribution in [0.15, 0.2) is 23.3 Å². The van der Waals surface area contributed by atoms with E-state index in [4.69, 9.17) is 0 Å². The first-order valence-electron chi connectivity index (χ1n) is 4.25. The summed E-state index contributed by atoms with van der Waals surface area (Å²) >= 11 is 0. The number of carbonyl (C=O) groups is 1. The third-order valence-corrected chi connectivity index (χ3v) is 2.00. The summed E-state index contributed by atoms with van der Waals surface area (Å²) in [5, 5.41) is 0. The van der Waals surface area contributed by atoms with Crippen LogP contribution in [0.1, 0.15) is 34.6 Å². The Kier molecular flexibility index (Phi) is 3.94. The van der Waals surface area contributed by atoms with Gasteiger partial charge in [-0.1, -0.05) is 26.0 Å². The first-order valence-corrected chi connectivity index (χ1v) is 4.25. The second-order valence-electron chi connectivity index (χ2n) is 3.53. The molecule has 0 amide bonds. The third kappa shape index (κ3) is 2.65. The van der Waals surface area contributed by atoms with Crippen LogP contribution in [0.25, 0.3) is 0 Å². The molecule has 1 nitrogen and oxygen atoms in total. The number of carbonyl (C=O) groups excluding carboxylic acids is 1. The van der Waals surface area contributed by atoms with E-state index < -0.39 is 0 Å². The van der Waals surface area contributed by atoms with Crippen molar-refractivity contribution in [3.8, 4) is 0 Å². The van der Waals surface area contributed by atoms with E-state index in [1.54, 1.807) is 6.92 Å². The van der Waals surface area contributed by atoms with Gasteiger partial charge in [0.2, 0.25) is 0 Å². The summed E-state index contributed by atoms with van der Waals surface area (Å²) in [4.78, 5) is 11.2. The number of Topliss-reactive ketones (excluding diaryl/α,β-unsaturated/α-hetero) is 1. The molecule has 0 aliphatic rings. The monoisotopic (exact) mass is 166 g/mol. The van der Waals surface area contributed by atoms with E-state index in [-0.39, 0.29) is 5.78 Å². The number of allylic oxidation sites excluding steroid dienone is 3. The molecule has 0 heterocycles. The maximum Gasteiger partial charge on any atom is 0.156 e. The lowest BCUT2D eigenvalue weighted by Gasteiger charge is -2.12. The topological polar surface area (TPSA) is 17.1 Å². The van der Waals surface area contributed by atoms with E-state index >= 15 is 0 Å². The average molecular weight is 166 g/mol. The van der Waals surface area contributed by atoms with Gasteiger partial charge in [-0.3, -0.25) is 4.79 Å². The predicted molar refractivity (Wildman–Crippen MR) is 53.0 cm³/mol. The van der Waals surface area contributed by atoms with Crippen molar-refractivity contribution in [2.45, 2.75) is 34.6 Å². The van der Waals surface area contributed by atoms with Crippen molar-refractivity contribution in [2.75, 3.05) is 0 Å². The first-order chi connectivity index (χ1) is 5.37.